The van der Waals surface area contributed by atoms with Gasteiger partial charge >= 0.3 is 5.97 Å². The summed E-state index contributed by atoms with van der Waals surface area (Å²) in [5, 5.41) is 27.8. The number of nitriles is 1. The molecule has 0 aliphatic rings. The minimum atomic E-state index is -1.29. The van der Waals surface area contributed by atoms with Crippen LogP contribution in [0, 0.1) is 11.3 Å². The molecule has 0 fully saturated rings. The summed E-state index contributed by atoms with van der Waals surface area (Å²) in [5.74, 6) is -1.71. The van der Waals surface area contributed by atoms with E-state index in [-0.39, 0.29) is 0 Å². The van der Waals surface area contributed by atoms with Gasteiger partial charge in [-0.25, -0.2) is 9.78 Å². The number of carboxylic acid groups (broad SMARTS) is 1. The van der Waals surface area contributed by atoms with Gasteiger partial charge in [0.05, 0.1) is 16.8 Å². The van der Waals surface area contributed by atoms with E-state index in [0.29, 0.717) is 16.8 Å². The summed E-state index contributed by atoms with van der Waals surface area (Å²) < 4.78 is 1.79. The molecule has 102 valence electrons. The Morgan fingerprint density at radius 2 is 2.14 bits per heavy atom. The minimum absolute atomic E-state index is 0.403. The summed E-state index contributed by atoms with van der Waals surface area (Å²) in [6, 6.07) is 10.6. The monoisotopic (exact) mass is 279 g/mol. The standard InChI is InChI=1S/C15H9N3O3/c16-7-9-5-12(18-4-2-1-3-11(9)18)10-6-13(19)14(15(20)21)17-8-10/h1-6,8,19H,(H,20,21). The Hall–Kier alpha value is -3.33. The highest BCUT2D eigenvalue weighted by Crippen LogP contribution is 2.28. The van der Waals surface area contributed by atoms with E-state index >= 15 is 0 Å². The van der Waals surface area contributed by atoms with Crippen molar-refractivity contribution in [1.82, 2.24) is 9.38 Å². The predicted molar refractivity (Wildman–Crippen MR) is 74.0 cm³/mol. The van der Waals surface area contributed by atoms with Crippen molar-refractivity contribution in [2.45, 2.75) is 0 Å². The number of rotatable bonds is 2. The smallest absolute Gasteiger partial charge is 0.358 e. The topological polar surface area (TPSA) is 98.6 Å². The second kappa shape index (κ2) is 4.65. The molecule has 3 rings (SSSR count). The first-order valence-corrected chi connectivity index (χ1v) is 6.04. The summed E-state index contributed by atoms with van der Waals surface area (Å²) in [4.78, 5) is 14.6. The Morgan fingerprint density at radius 1 is 1.33 bits per heavy atom. The van der Waals surface area contributed by atoms with Crippen molar-refractivity contribution >= 4 is 11.5 Å². The van der Waals surface area contributed by atoms with Crippen LogP contribution >= 0.6 is 0 Å². The molecule has 0 radical (unpaired) electrons. The molecule has 2 N–H and O–H groups in total. The van der Waals surface area contributed by atoms with Crippen LogP contribution in [0.1, 0.15) is 16.1 Å². The van der Waals surface area contributed by atoms with Crippen molar-refractivity contribution < 1.29 is 15.0 Å². The van der Waals surface area contributed by atoms with Gasteiger partial charge in [0.15, 0.2) is 5.69 Å². The van der Waals surface area contributed by atoms with Crippen LogP contribution in [0.2, 0.25) is 0 Å². The first-order valence-electron chi connectivity index (χ1n) is 6.04. The minimum Gasteiger partial charge on any atom is -0.505 e. The van der Waals surface area contributed by atoms with Crippen molar-refractivity contribution in [3.8, 4) is 23.1 Å². The van der Waals surface area contributed by atoms with Crippen molar-refractivity contribution in [1.29, 1.82) is 5.26 Å². The lowest BCUT2D eigenvalue weighted by Gasteiger charge is -2.04. The quantitative estimate of drug-likeness (QED) is 0.749. The van der Waals surface area contributed by atoms with E-state index in [4.69, 9.17) is 10.4 Å². The van der Waals surface area contributed by atoms with Gasteiger partial charge in [0, 0.05) is 18.0 Å². The predicted octanol–water partition coefficient (Wildman–Crippen LogP) is 2.28. The molecule has 0 aliphatic carbocycles. The SMILES string of the molecule is N#Cc1cc(-c2cnc(C(=O)O)c(O)c2)n2ccccc12. The van der Waals surface area contributed by atoms with Gasteiger partial charge < -0.3 is 14.6 Å². The number of aromatic nitrogens is 2. The van der Waals surface area contributed by atoms with Crippen molar-refractivity contribution in [3.05, 3.63) is 54.0 Å². The van der Waals surface area contributed by atoms with Gasteiger partial charge in [0.1, 0.15) is 11.8 Å². The molecule has 0 saturated carbocycles. The zero-order valence-corrected chi connectivity index (χ0v) is 10.7. The van der Waals surface area contributed by atoms with Crippen LogP contribution in [0.15, 0.2) is 42.7 Å². The Balaban J connectivity index is 2.24. The summed E-state index contributed by atoms with van der Waals surface area (Å²) in [7, 11) is 0. The van der Waals surface area contributed by atoms with Crippen LogP contribution in [0.5, 0.6) is 5.75 Å². The Bertz CT molecular complexity index is 906. The molecular weight excluding hydrogens is 270 g/mol. The van der Waals surface area contributed by atoms with Crippen molar-refractivity contribution in [3.63, 3.8) is 0 Å². The van der Waals surface area contributed by atoms with Gasteiger partial charge in [-0.05, 0) is 24.3 Å². The first-order chi connectivity index (χ1) is 10.1. The van der Waals surface area contributed by atoms with E-state index in [1.165, 1.54) is 12.3 Å². The van der Waals surface area contributed by atoms with Gasteiger partial charge in [0.25, 0.3) is 0 Å². The lowest BCUT2D eigenvalue weighted by molar-refractivity contribution is 0.0687. The third-order valence-corrected chi connectivity index (χ3v) is 3.16. The number of fused-ring (bicyclic) bond motifs is 1. The van der Waals surface area contributed by atoms with E-state index in [1.807, 2.05) is 12.1 Å². The lowest BCUT2D eigenvalue weighted by Crippen LogP contribution is -2.00. The third kappa shape index (κ3) is 1.97. The average Bonchev–Trinajstić information content (AvgIpc) is 2.85. The van der Waals surface area contributed by atoms with E-state index in [9.17, 15) is 9.90 Å². The molecule has 0 saturated heterocycles. The Morgan fingerprint density at radius 3 is 2.81 bits per heavy atom. The summed E-state index contributed by atoms with van der Waals surface area (Å²) in [5.41, 5.74) is 2.01. The molecule has 3 aromatic heterocycles. The average molecular weight is 279 g/mol. The van der Waals surface area contributed by atoms with Gasteiger partial charge in [-0.15, -0.1) is 0 Å². The molecule has 0 aliphatic heterocycles. The molecule has 0 atom stereocenters. The zero-order valence-electron chi connectivity index (χ0n) is 10.7. The van der Waals surface area contributed by atoms with E-state index < -0.39 is 17.4 Å². The van der Waals surface area contributed by atoms with E-state index in [2.05, 4.69) is 11.1 Å². The molecule has 3 heterocycles. The number of hydrogen-bond acceptors (Lipinski definition) is 4. The van der Waals surface area contributed by atoms with Crippen LogP contribution < -0.4 is 0 Å². The van der Waals surface area contributed by atoms with E-state index in [0.717, 1.165) is 5.52 Å². The van der Waals surface area contributed by atoms with Crippen molar-refractivity contribution in [2.24, 2.45) is 0 Å². The van der Waals surface area contributed by atoms with Crippen LogP contribution in [0.25, 0.3) is 16.8 Å². The summed E-state index contributed by atoms with van der Waals surface area (Å²) >= 11 is 0. The van der Waals surface area contributed by atoms with Gasteiger partial charge in [-0.3, -0.25) is 0 Å². The fourth-order valence-corrected chi connectivity index (χ4v) is 2.22. The molecular formula is C15H9N3O3. The van der Waals surface area contributed by atoms with Gasteiger partial charge in [-0.2, -0.15) is 5.26 Å². The summed E-state index contributed by atoms with van der Waals surface area (Å²) in [6.45, 7) is 0. The van der Waals surface area contributed by atoms with Crippen LogP contribution in [0.4, 0.5) is 0 Å². The maximum atomic E-state index is 10.9. The second-order valence-electron chi connectivity index (χ2n) is 4.41. The molecule has 0 aromatic carbocycles. The molecule has 0 amide bonds. The third-order valence-electron chi connectivity index (χ3n) is 3.16. The maximum Gasteiger partial charge on any atom is 0.358 e. The second-order valence-corrected chi connectivity index (χ2v) is 4.41. The highest BCUT2D eigenvalue weighted by molar-refractivity contribution is 5.89. The van der Waals surface area contributed by atoms with Gasteiger partial charge in [-0.1, -0.05) is 6.07 Å². The fraction of sp³-hybridized carbons (Fsp3) is 0. The van der Waals surface area contributed by atoms with Crippen molar-refractivity contribution in [2.75, 3.05) is 0 Å². The van der Waals surface area contributed by atoms with Crippen LogP contribution in [-0.2, 0) is 0 Å². The molecule has 0 unspecified atom stereocenters. The molecule has 0 bridgehead atoms. The number of carboxylic acids is 1. The highest BCUT2D eigenvalue weighted by Gasteiger charge is 2.15. The largest absolute Gasteiger partial charge is 0.505 e. The van der Waals surface area contributed by atoms with E-state index in [1.54, 1.807) is 22.7 Å². The molecule has 21 heavy (non-hydrogen) atoms. The normalized spacial score (nSPS) is 10.4. The lowest BCUT2D eigenvalue weighted by atomic mass is 10.1. The molecule has 0 spiro atoms. The number of pyridine rings is 2. The van der Waals surface area contributed by atoms with Crippen LogP contribution in [-0.4, -0.2) is 25.6 Å². The zero-order chi connectivity index (χ0) is 15.0. The molecule has 6 nitrogen and oxygen atoms in total. The Kier molecular flexibility index (Phi) is 2.81. The Labute approximate surface area is 119 Å². The molecule has 3 aromatic rings. The number of aromatic hydroxyl groups is 1. The number of hydrogen-bond donors (Lipinski definition) is 2. The first kappa shape index (κ1) is 12.7. The van der Waals surface area contributed by atoms with Gasteiger partial charge in [0.2, 0.25) is 0 Å². The fourth-order valence-electron chi connectivity index (χ4n) is 2.22. The number of aromatic carboxylic acids is 1. The maximum absolute atomic E-state index is 10.9. The number of carbonyl (C=O) groups is 1. The number of nitrogens with zero attached hydrogens (tertiary/aromatic N) is 3. The van der Waals surface area contributed by atoms with Crippen LogP contribution in [0.3, 0.4) is 0 Å². The molecule has 6 heteroatoms. The summed E-state index contributed by atoms with van der Waals surface area (Å²) in [6.07, 6.45) is 3.15. The highest BCUT2D eigenvalue weighted by atomic mass is 16.4.